The van der Waals surface area contributed by atoms with Gasteiger partial charge < -0.3 is 10.2 Å². The van der Waals surface area contributed by atoms with Crippen molar-refractivity contribution in [2.45, 2.75) is 24.1 Å². The summed E-state index contributed by atoms with van der Waals surface area (Å²) < 4.78 is 26.5. The number of nitrogens with zero attached hydrogens (tertiary/aromatic N) is 3. The van der Waals surface area contributed by atoms with Crippen LogP contribution in [0.25, 0.3) is 0 Å². The summed E-state index contributed by atoms with van der Waals surface area (Å²) in [5, 5.41) is 9.58. The van der Waals surface area contributed by atoms with Gasteiger partial charge in [0.05, 0.1) is 6.54 Å². The van der Waals surface area contributed by atoms with Gasteiger partial charge in [-0.05, 0) is 24.5 Å². The van der Waals surface area contributed by atoms with Gasteiger partial charge in [0.15, 0.2) is 0 Å². The summed E-state index contributed by atoms with van der Waals surface area (Å²) in [6.45, 7) is 1.44. The van der Waals surface area contributed by atoms with Crippen LogP contribution in [-0.4, -0.2) is 43.5 Å². The van der Waals surface area contributed by atoms with Crippen molar-refractivity contribution >= 4 is 44.0 Å². The lowest BCUT2D eigenvalue weighted by atomic mass is 10.0. The Balaban J connectivity index is 1.67. The highest BCUT2D eigenvalue weighted by atomic mass is 32.2. The molecule has 0 aliphatic carbocycles. The molecule has 2 aromatic rings. The lowest BCUT2D eigenvalue weighted by Crippen LogP contribution is -2.42. The molecule has 0 unspecified atom stereocenters. The number of carbonyl (C=O) groups excluding carboxylic acids is 2. The van der Waals surface area contributed by atoms with E-state index in [-0.39, 0.29) is 27.8 Å². The first-order valence-electron chi connectivity index (χ1n) is 7.86. The van der Waals surface area contributed by atoms with Crippen LogP contribution in [0.15, 0.2) is 28.6 Å². The zero-order valence-corrected chi connectivity index (χ0v) is 15.6. The molecule has 0 atom stereocenters. The van der Waals surface area contributed by atoms with Crippen molar-refractivity contribution < 1.29 is 18.0 Å². The molecule has 2 N–H and O–H groups in total. The molecule has 0 bridgehead atoms. The fourth-order valence-corrected chi connectivity index (χ4v) is 4.59. The highest BCUT2D eigenvalue weighted by Crippen LogP contribution is 2.26. The number of fused-ring (bicyclic) bond motifs is 1. The van der Waals surface area contributed by atoms with Crippen LogP contribution in [0.4, 0.5) is 10.8 Å². The molecular formula is C15H17N5O4S2. The fraction of sp³-hybridized carbons (Fsp3) is 0.333. The summed E-state index contributed by atoms with van der Waals surface area (Å²) in [6, 6.07) is 7.58. The number of para-hydroxylation sites is 1. The Morgan fingerprint density at radius 3 is 2.81 bits per heavy atom. The predicted octanol–water partition coefficient (Wildman–Crippen LogP) is 0.754. The Morgan fingerprint density at radius 2 is 2.04 bits per heavy atom. The van der Waals surface area contributed by atoms with Crippen LogP contribution in [0.3, 0.4) is 0 Å². The van der Waals surface area contributed by atoms with E-state index in [4.69, 9.17) is 0 Å². The second kappa shape index (κ2) is 7.48. The van der Waals surface area contributed by atoms with E-state index in [0.717, 1.165) is 24.1 Å². The Morgan fingerprint density at radius 1 is 1.27 bits per heavy atom. The minimum absolute atomic E-state index is 0.0779. The largest absolute Gasteiger partial charge is 0.311 e. The van der Waals surface area contributed by atoms with Crippen LogP contribution >= 0.6 is 11.3 Å². The topological polar surface area (TPSA) is 121 Å². The Hall–Kier alpha value is -2.37. The molecular weight excluding hydrogens is 378 g/mol. The number of nitrogens with one attached hydrogen (secondary N) is 2. The highest BCUT2D eigenvalue weighted by molar-refractivity contribution is 7.91. The summed E-state index contributed by atoms with van der Waals surface area (Å²) in [5.74, 6) is -0.718. The summed E-state index contributed by atoms with van der Waals surface area (Å²) in [5.41, 5.74) is 1.88. The number of benzene rings is 1. The van der Waals surface area contributed by atoms with Gasteiger partial charge in [0.1, 0.15) is 0 Å². The third-order valence-corrected chi connectivity index (χ3v) is 6.35. The Kier molecular flexibility index (Phi) is 5.30. The highest BCUT2D eigenvalue weighted by Gasteiger charge is 2.25. The molecule has 0 spiro atoms. The minimum Gasteiger partial charge on any atom is -0.311 e. The first-order valence-corrected chi connectivity index (χ1v) is 10.2. The SMILES string of the molecule is CC(=O)Nc1nnc(S(=O)(=O)NCC(=O)N2CCCc3ccccc32)s1. The van der Waals surface area contributed by atoms with Crippen molar-refractivity contribution in [1.82, 2.24) is 14.9 Å². The van der Waals surface area contributed by atoms with Gasteiger partial charge in [0.25, 0.3) is 10.0 Å². The zero-order valence-electron chi connectivity index (χ0n) is 13.9. The van der Waals surface area contributed by atoms with Gasteiger partial charge in [-0.25, -0.2) is 8.42 Å². The summed E-state index contributed by atoms with van der Waals surface area (Å²) >= 11 is 0.714. The number of aryl methyl sites for hydroxylation is 1. The number of hydrogen-bond acceptors (Lipinski definition) is 7. The first kappa shape index (κ1) is 18.4. The molecule has 2 heterocycles. The van der Waals surface area contributed by atoms with Crippen LogP contribution in [0, 0.1) is 0 Å². The van der Waals surface area contributed by atoms with Crippen molar-refractivity contribution in [3.05, 3.63) is 29.8 Å². The lowest BCUT2D eigenvalue weighted by Gasteiger charge is -2.29. The van der Waals surface area contributed by atoms with E-state index >= 15 is 0 Å². The second-order valence-corrected chi connectivity index (χ2v) is 8.57. The predicted molar refractivity (Wildman–Crippen MR) is 96.5 cm³/mol. The number of rotatable bonds is 5. The molecule has 0 saturated heterocycles. The van der Waals surface area contributed by atoms with E-state index in [2.05, 4.69) is 20.2 Å². The molecule has 0 saturated carbocycles. The van der Waals surface area contributed by atoms with Crippen LogP contribution < -0.4 is 14.9 Å². The summed E-state index contributed by atoms with van der Waals surface area (Å²) in [7, 11) is -3.99. The zero-order chi connectivity index (χ0) is 18.7. The van der Waals surface area contributed by atoms with Crippen molar-refractivity contribution in [1.29, 1.82) is 0 Å². The number of carbonyl (C=O) groups is 2. The third-order valence-electron chi connectivity index (χ3n) is 3.74. The van der Waals surface area contributed by atoms with E-state index in [0.29, 0.717) is 17.9 Å². The molecule has 3 rings (SSSR count). The smallest absolute Gasteiger partial charge is 0.270 e. The fourth-order valence-electron chi connectivity index (χ4n) is 2.63. The van der Waals surface area contributed by atoms with Gasteiger partial charge in [-0.2, -0.15) is 4.72 Å². The maximum atomic E-state index is 12.5. The monoisotopic (exact) mass is 395 g/mol. The van der Waals surface area contributed by atoms with Crippen LogP contribution in [0.5, 0.6) is 0 Å². The van der Waals surface area contributed by atoms with E-state index in [1.165, 1.54) is 6.92 Å². The summed E-state index contributed by atoms with van der Waals surface area (Å²) in [4.78, 5) is 25.1. The van der Waals surface area contributed by atoms with Crippen molar-refractivity contribution in [2.75, 3.05) is 23.3 Å². The molecule has 0 radical (unpaired) electrons. The molecule has 0 fully saturated rings. The molecule has 138 valence electrons. The number of amides is 2. The Bertz CT molecular complexity index is 941. The van der Waals surface area contributed by atoms with Gasteiger partial charge in [-0.15, -0.1) is 10.2 Å². The molecule has 1 aromatic carbocycles. The minimum atomic E-state index is -3.99. The summed E-state index contributed by atoms with van der Waals surface area (Å²) in [6.07, 6.45) is 1.72. The maximum Gasteiger partial charge on any atom is 0.270 e. The molecule has 1 aliphatic rings. The molecule has 26 heavy (non-hydrogen) atoms. The lowest BCUT2D eigenvalue weighted by molar-refractivity contribution is -0.117. The molecule has 1 aliphatic heterocycles. The average Bonchev–Trinajstić information content (AvgIpc) is 3.08. The first-order chi connectivity index (χ1) is 12.4. The van der Waals surface area contributed by atoms with E-state index in [1.807, 2.05) is 24.3 Å². The van der Waals surface area contributed by atoms with Crippen molar-refractivity contribution in [3.8, 4) is 0 Å². The van der Waals surface area contributed by atoms with E-state index in [1.54, 1.807) is 4.90 Å². The standard InChI is InChI=1S/C15H17N5O4S2/c1-10(21)17-14-18-19-15(25-14)26(23,24)16-9-13(22)20-8-4-6-11-5-2-3-7-12(11)20/h2-3,5,7,16H,4,6,8-9H2,1H3,(H,17,18,21). The number of hydrogen-bond donors (Lipinski definition) is 2. The van der Waals surface area contributed by atoms with Gasteiger partial charge in [0.2, 0.25) is 21.3 Å². The normalized spacial score (nSPS) is 14.0. The number of sulfonamides is 1. The van der Waals surface area contributed by atoms with Crippen molar-refractivity contribution in [3.63, 3.8) is 0 Å². The molecule has 11 heteroatoms. The van der Waals surface area contributed by atoms with E-state index < -0.39 is 10.0 Å². The van der Waals surface area contributed by atoms with E-state index in [9.17, 15) is 18.0 Å². The second-order valence-electron chi connectivity index (χ2n) is 5.66. The van der Waals surface area contributed by atoms with Gasteiger partial charge in [-0.3, -0.25) is 9.59 Å². The van der Waals surface area contributed by atoms with Gasteiger partial charge >= 0.3 is 0 Å². The average molecular weight is 395 g/mol. The van der Waals surface area contributed by atoms with Crippen LogP contribution in [0.2, 0.25) is 0 Å². The van der Waals surface area contributed by atoms with Crippen LogP contribution in [0.1, 0.15) is 18.9 Å². The number of aromatic nitrogens is 2. The third kappa shape index (κ3) is 4.06. The Labute approximate surface area is 154 Å². The number of anilines is 2. The van der Waals surface area contributed by atoms with Gasteiger partial charge in [0, 0.05) is 19.2 Å². The molecule has 2 amide bonds. The van der Waals surface area contributed by atoms with Gasteiger partial charge in [-0.1, -0.05) is 29.5 Å². The van der Waals surface area contributed by atoms with Crippen LogP contribution in [-0.2, 0) is 26.0 Å². The quantitative estimate of drug-likeness (QED) is 0.721. The molecule has 1 aromatic heterocycles. The molecule has 9 nitrogen and oxygen atoms in total. The van der Waals surface area contributed by atoms with Crippen molar-refractivity contribution in [2.24, 2.45) is 0 Å². The maximum absolute atomic E-state index is 12.5.